The van der Waals surface area contributed by atoms with Gasteiger partial charge in [0.2, 0.25) is 10.0 Å². The van der Waals surface area contributed by atoms with Crippen molar-refractivity contribution in [2.45, 2.75) is 11.1 Å². The summed E-state index contributed by atoms with van der Waals surface area (Å²) in [5.41, 5.74) is -2.24. The van der Waals surface area contributed by atoms with E-state index < -0.39 is 56.5 Å². The monoisotopic (exact) mass is 494 g/mol. The predicted octanol–water partition coefficient (Wildman–Crippen LogP) is 2.31. The van der Waals surface area contributed by atoms with Crippen molar-refractivity contribution in [2.75, 3.05) is 32.2 Å². The number of esters is 1. The zero-order chi connectivity index (χ0) is 24.8. The van der Waals surface area contributed by atoms with Gasteiger partial charge in [-0.15, -0.1) is 0 Å². The maximum Gasteiger partial charge on any atom is 0.416 e. The van der Waals surface area contributed by atoms with Gasteiger partial charge in [0.15, 0.2) is 6.61 Å². The Labute approximate surface area is 185 Å². The quantitative estimate of drug-likeness (QED) is 0.310. The van der Waals surface area contributed by atoms with E-state index in [-0.39, 0.29) is 24.7 Å². The predicted molar refractivity (Wildman–Crippen MR) is 106 cm³/mol. The summed E-state index contributed by atoms with van der Waals surface area (Å²) in [4.78, 5) is 23.6. The molecule has 2 rings (SSSR count). The number of hydrogen-bond acceptors (Lipinski definition) is 7. The van der Waals surface area contributed by atoms with E-state index in [4.69, 9.17) is 14.6 Å². The lowest BCUT2D eigenvalue weighted by atomic mass is 10.1. The lowest BCUT2D eigenvalue weighted by Crippen LogP contribution is -2.22. The van der Waals surface area contributed by atoms with Gasteiger partial charge in [0, 0.05) is 7.11 Å². The molecular formula is C19H18F4N2O7S. The van der Waals surface area contributed by atoms with Gasteiger partial charge < -0.3 is 19.5 Å². The average molecular weight is 494 g/mol. The van der Waals surface area contributed by atoms with Crippen LogP contribution < -0.4 is 15.2 Å². The highest BCUT2D eigenvalue weighted by atomic mass is 32.2. The number of rotatable bonds is 9. The van der Waals surface area contributed by atoms with Crippen LogP contribution in [0.3, 0.4) is 0 Å². The number of nitrogens with one attached hydrogen (secondary N) is 1. The molecule has 0 spiro atoms. The van der Waals surface area contributed by atoms with Crippen LogP contribution in [-0.2, 0) is 30.5 Å². The lowest BCUT2D eigenvalue weighted by Gasteiger charge is -2.15. The molecule has 0 aliphatic carbocycles. The second kappa shape index (κ2) is 10.6. The molecule has 2 aromatic rings. The summed E-state index contributed by atoms with van der Waals surface area (Å²) in [6.45, 7) is -0.930. The van der Waals surface area contributed by atoms with E-state index in [1.54, 1.807) is 0 Å². The molecule has 33 heavy (non-hydrogen) atoms. The van der Waals surface area contributed by atoms with Crippen LogP contribution in [0, 0.1) is 5.82 Å². The molecule has 0 bridgehead atoms. The molecule has 0 saturated carbocycles. The summed E-state index contributed by atoms with van der Waals surface area (Å²) >= 11 is 0. The second-order valence-electron chi connectivity index (χ2n) is 6.36. The van der Waals surface area contributed by atoms with Crippen molar-refractivity contribution in [3.8, 4) is 5.75 Å². The number of carbonyl (C=O) groups is 2. The molecule has 2 aromatic carbocycles. The summed E-state index contributed by atoms with van der Waals surface area (Å²) in [5, 5.41) is 7.03. The first-order valence-electron chi connectivity index (χ1n) is 8.95. The number of alkyl halides is 3. The van der Waals surface area contributed by atoms with Gasteiger partial charge in [-0.25, -0.2) is 22.7 Å². The number of benzene rings is 2. The smallest absolute Gasteiger partial charge is 0.416 e. The summed E-state index contributed by atoms with van der Waals surface area (Å²) < 4.78 is 90.3. The first kappa shape index (κ1) is 26.0. The Kier molecular flexibility index (Phi) is 8.35. The molecule has 0 heterocycles. The van der Waals surface area contributed by atoms with Crippen LogP contribution in [0.15, 0.2) is 41.3 Å². The Morgan fingerprint density at radius 2 is 1.79 bits per heavy atom. The molecule has 0 aromatic heterocycles. The third-order valence-corrected chi connectivity index (χ3v) is 4.86. The zero-order valence-electron chi connectivity index (χ0n) is 16.9. The third-order valence-electron chi connectivity index (χ3n) is 3.95. The van der Waals surface area contributed by atoms with Gasteiger partial charge in [0.1, 0.15) is 18.2 Å². The molecule has 0 radical (unpaired) electrons. The van der Waals surface area contributed by atoms with E-state index in [1.807, 2.05) is 0 Å². The fourth-order valence-corrected chi connectivity index (χ4v) is 2.94. The minimum absolute atomic E-state index is 0.0284. The van der Waals surface area contributed by atoms with Crippen molar-refractivity contribution in [2.24, 2.45) is 5.14 Å². The van der Waals surface area contributed by atoms with Gasteiger partial charge in [0.25, 0.3) is 5.91 Å². The van der Waals surface area contributed by atoms with Crippen LogP contribution in [0.25, 0.3) is 0 Å². The van der Waals surface area contributed by atoms with Crippen LogP contribution in [0.5, 0.6) is 5.75 Å². The topological polar surface area (TPSA) is 134 Å². The van der Waals surface area contributed by atoms with Crippen molar-refractivity contribution < 1.29 is 49.8 Å². The van der Waals surface area contributed by atoms with Gasteiger partial charge in [-0.05, 0) is 36.4 Å². The van der Waals surface area contributed by atoms with Crippen molar-refractivity contribution >= 4 is 27.6 Å². The second-order valence-corrected chi connectivity index (χ2v) is 7.92. The molecule has 0 aliphatic rings. The largest absolute Gasteiger partial charge is 0.489 e. The Hall–Kier alpha value is -3.23. The number of halogens is 4. The lowest BCUT2D eigenvalue weighted by molar-refractivity contribution is -0.137. The average Bonchev–Trinajstić information content (AvgIpc) is 2.72. The highest BCUT2D eigenvalue weighted by Gasteiger charge is 2.31. The number of primary sulfonamides is 1. The Balaban J connectivity index is 2.14. The Bertz CT molecular complexity index is 1140. The third kappa shape index (κ3) is 7.40. The fraction of sp³-hybridized carbons (Fsp3) is 0.263. The van der Waals surface area contributed by atoms with Crippen LogP contribution in [-0.4, -0.2) is 47.2 Å². The van der Waals surface area contributed by atoms with E-state index in [0.29, 0.717) is 18.2 Å². The highest BCUT2D eigenvalue weighted by molar-refractivity contribution is 7.89. The van der Waals surface area contributed by atoms with Gasteiger partial charge in [-0.1, -0.05) is 0 Å². The number of methoxy groups -OCH3 is 1. The van der Waals surface area contributed by atoms with Gasteiger partial charge in [-0.3, -0.25) is 4.79 Å². The Morgan fingerprint density at radius 1 is 1.09 bits per heavy atom. The number of ether oxygens (including phenoxy) is 3. The molecule has 1 amide bonds. The molecule has 0 fully saturated rings. The van der Waals surface area contributed by atoms with E-state index in [9.17, 15) is 35.6 Å². The van der Waals surface area contributed by atoms with E-state index in [2.05, 4.69) is 10.1 Å². The molecular weight excluding hydrogens is 476 g/mol. The number of nitrogens with two attached hydrogens (primary N) is 1. The SMILES string of the molecule is COCCOc1ccc(C(F)(F)F)cc1NC(=O)COC(=O)c1cc(S(N)(=O)=O)ccc1F. The molecule has 0 aliphatic heterocycles. The number of amides is 1. The highest BCUT2D eigenvalue weighted by Crippen LogP contribution is 2.35. The van der Waals surface area contributed by atoms with Crippen LogP contribution >= 0.6 is 0 Å². The van der Waals surface area contributed by atoms with Gasteiger partial charge >= 0.3 is 12.1 Å². The molecule has 0 unspecified atom stereocenters. The molecule has 9 nitrogen and oxygen atoms in total. The van der Waals surface area contributed by atoms with Gasteiger partial charge in [0.05, 0.1) is 28.3 Å². The number of carbonyl (C=O) groups excluding carboxylic acids is 2. The first-order chi connectivity index (χ1) is 15.3. The van der Waals surface area contributed by atoms with Crippen molar-refractivity contribution in [1.29, 1.82) is 0 Å². The van der Waals surface area contributed by atoms with E-state index in [0.717, 1.165) is 18.2 Å². The molecule has 3 N–H and O–H groups in total. The summed E-state index contributed by atoms with van der Waals surface area (Å²) in [5.74, 6) is -3.71. The van der Waals surface area contributed by atoms with E-state index in [1.165, 1.54) is 7.11 Å². The number of sulfonamides is 1. The molecule has 0 saturated heterocycles. The van der Waals surface area contributed by atoms with Crippen molar-refractivity contribution in [3.05, 3.63) is 53.3 Å². The molecule has 0 atom stereocenters. The standard InChI is InChI=1S/C19H18F4N2O7S/c1-30-6-7-31-16-5-2-11(19(21,22)23)8-15(16)25-17(26)10-32-18(27)13-9-12(33(24,28)29)3-4-14(13)20/h2-5,8-9H,6-7,10H2,1H3,(H,25,26)(H2,24,28,29). The fourth-order valence-electron chi connectivity index (χ4n) is 2.40. The number of hydrogen-bond donors (Lipinski definition) is 2. The minimum Gasteiger partial charge on any atom is -0.489 e. The van der Waals surface area contributed by atoms with Crippen LogP contribution in [0.2, 0.25) is 0 Å². The van der Waals surface area contributed by atoms with Crippen molar-refractivity contribution in [3.63, 3.8) is 0 Å². The van der Waals surface area contributed by atoms with E-state index >= 15 is 0 Å². The van der Waals surface area contributed by atoms with Crippen LogP contribution in [0.4, 0.5) is 23.2 Å². The normalized spacial score (nSPS) is 11.7. The summed E-state index contributed by atoms with van der Waals surface area (Å²) in [6, 6.07) is 4.49. The molecule has 180 valence electrons. The van der Waals surface area contributed by atoms with Crippen LogP contribution in [0.1, 0.15) is 15.9 Å². The van der Waals surface area contributed by atoms with Gasteiger partial charge in [-0.2, -0.15) is 13.2 Å². The Morgan fingerprint density at radius 3 is 2.39 bits per heavy atom. The summed E-state index contributed by atoms with van der Waals surface area (Å²) in [7, 11) is -2.86. The zero-order valence-corrected chi connectivity index (χ0v) is 17.8. The molecule has 14 heteroatoms. The maximum absolute atomic E-state index is 13.9. The maximum atomic E-state index is 13.9. The van der Waals surface area contributed by atoms with Crippen molar-refractivity contribution in [1.82, 2.24) is 0 Å². The summed E-state index contributed by atoms with van der Waals surface area (Å²) in [6.07, 6.45) is -4.71. The number of anilines is 1. The minimum atomic E-state index is -4.71. The first-order valence-corrected chi connectivity index (χ1v) is 10.5.